The Balaban J connectivity index is 2.73. The van der Waals surface area contributed by atoms with E-state index in [0.29, 0.717) is 6.54 Å². The summed E-state index contributed by atoms with van der Waals surface area (Å²) in [5.74, 6) is -0.349. The average molecular weight is 313 g/mol. The standard InChI is InChI=1S/C14H23N3O3S/c1-4-15-11(3)12-6-8-13(9-7-12)21(19,20)17-10-14(18)16-5-2/h6-9,11,15,17H,4-5,10H2,1-3H3,(H,16,18). The van der Waals surface area contributed by atoms with Gasteiger partial charge in [-0.3, -0.25) is 4.79 Å². The number of hydrogen-bond donors (Lipinski definition) is 3. The van der Waals surface area contributed by atoms with Crippen LogP contribution in [0.4, 0.5) is 0 Å². The molecule has 1 aromatic rings. The maximum absolute atomic E-state index is 12.0. The molecular formula is C14H23N3O3S. The molecule has 0 radical (unpaired) electrons. The van der Waals surface area contributed by atoms with Gasteiger partial charge in [0.15, 0.2) is 0 Å². The number of carbonyl (C=O) groups excluding carboxylic acids is 1. The van der Waals surface area contributed by atoms with Crippen molar-refractivity contribution in [1.82, 2.24) is 15.4 Å². The van der Waals surface area contributed by atoms with E-state index in [0.717, 1.165) is 12.1 Å². The summed E-state index contributed by atoms with van der Waals surface area (Å²) in [6.07, 6.45) is 0. The molecule has 0 aliphatic heterocycles. The minimum absolute atomic E-state index is 0.152. The van der Waals surface area contributed by atoms with Crippen molar-refractivity contribution in [3.63, 3.8) is 0 Å². The van der Waals surface area contributed by atoms with E-state index in [1.165, 1.54) is 0 Å². The largest absolute Gasteiger partial charge is 0.355 e. The lowest BCUT2D eigenvalue weighted by atomic mass is 10.1. The van der Waals surface area contributed by atoms with Crippen LogP contribution >= 0.6 is 0 Å². The highest BCUT2D eigenvalue weighted by molar-refractivity contribution is 7.89. The lowest BCUT2D eigenvalue weighted by molar-refractivity contribution is -0.119. The highest BCUT2D eigenvalue weighted by Crippen LogP contribution is 2.15. The normalized spacial score (nSPS) is 12.9. The Kier molecular flexibility index (Phi) is 6.80. The van der Waals surface area contributed by atoms with Gasteiger partial charge in [0.2, 0.25) is 15.9 Å². The van der Waals surface area contributed by atoms with E-state index >= 15 is 0 Å². The van der Waals surface area contributed by atoms with Crippen LogP contribution in [0.25, 0.3) is 0 Å². The smallest absolute Gasteiger partial charge is 0.241 e. The predicted molar refractivity (Wildman–Crippen MR) is 82.4 cm³/mol. The Morgan fingerprint density at radius 3 is 2.29 bits per heavy atom. The van der Waals surface area contributed by atoms with Crippen molar-refractivity contribution < 1.29 is 13.2 Å². The van der Waals surface area contributed by atoms with Gasteiger partial charge in [-0.15, -0.1) is 0 Å². The number of hydrogen-bond acceptors (Lipinski definition) is 4. The Bertz CT molecular complexity index is 555. The van der Waals surface area contributed by atoms with Crippen molar-refractivity contribution in [3.05, 3.63) is 29.8 Å². The molecule has 0 spiro atoms. The Hall–Kier alpha value is -1.44. The molecule has 7 heteroatoms. The summed E-state index contributed by atoms with van der Waals surface area (Å²) in [5.41, 5.74) is 1.01. The van der Waals surface area contributed by atoms with Gasteiger partial charge in [-0.05, 0) is 38.1 Å². The topological polar surface area (TPSA) is 87.3 Å². The van der Waals surface area contributed by atoms with Gasteiger partial charge < -0.3 is 10.6 Å². The molecule has 0 saturated carbocycles. The number of nitrogens with one attached hydrogen (secondary N) is 3. The summed E-state index contributed by atoms with van der Waals surface area (Å²) in [6, 6.07) is 6.80. The first kappa shape index (κ1) is 17.6. The zero-order valence-electron chi connectivity index (χ0n) is 12.6. The molecule has 1 amide bonds. The van der Waals surface area contributed by atoms with E-state index in [1.807, 2.05) is 13.8 Å². The fraction of sp³-hybridized carbons (Fsp3) is 0.500. The summed E-state index contributed by atoms with van der Waals surface area (Å²) in [5, 5.41) is 5.79. The van der Waals surface area contributed by atoms with Crippen LogP contribution in [0, 0.1) is 0 Å². The van der Waals surface area contributed by atoms with Crippen LogP contribution in [-0.2, 0) is 14.8 Å². The summed E-state index contributed by atoms with van der Waals surface area (Å²) in [7, 11) is -3.66. The molecule has 1 aromatic carbocycles. The second kappa shape index (κ2) is 8.11. The van der Waals surface area contributed by atoms with Crippen LogP contribution in [0.5, 0.6) is 0 Å². The molecule has 3 N–H and O–H groups in total. The van der Waals surface area contributed by atoms with Gasteiger partial charge >= 0.3 is 0 Å². The van der Waals surface area contributed by atoms with E-state index in [2.05, 4.69) is 15.4 Å². The molecule has 0 heterocycles. The minimum Gasteiger partial charge on any atom is -0.355 e. The maximum Gasteiger partial charge on any atom is 0.241 e. The van der Waals surface area contributed by atoms with E-state index in [9.17, 15) is 13.2 Å². The summed E-state index contributed by atoms with van der Waals surface area (Å²) >= 11 is 0. The van der Waals surface area contributed by atoms with Crippen LogP contribution in [0.3, 0.4) is 0 Å². The average Bonchev–Trinajstić information content (AvgIpc) is 2.46. The molecular weight excluding hydrogens is 290 g/mol. The van der Waals surface area contributed by atoms with Gasteiger partial charge in [0.1, 0.15) is 0 Å². The monoisotopic (exact) mass is 313 g/mol. The predicted octanol–water partition coefficient (Wildman–Crippen LogP) is 0.772. The number of carbonyl (C=O) groups is 1. The van der Waals surface area contributed by atoms with Gasteiger partial charge in [0.05, 0.1) is 11.4 Å². The van der Waals surface area contributed by atoms with Crippen molar-refractivity contribution in [3.8, 4) is 0 Å². The lowest BCUT2D eigenvalue weighted by Gasteiger charge is -2.13. The molecule has 0 fully saturated rings. The fourth-order valence-corrected chi connectivity index (χ4v) is 2.85. The van der Waals surface area contributed by atoms with Gasteiger partial charge in [0.25, 0.3) is 0 Å². The Labute approximate surface area is 126 Å². The van der Waals surface area contributed by atoms with E-state index < -0.39 is 10.0 Å². The molecule has 1 atom stereocenters. The lowest BCUT2D eigenvalue weighted by Crippen LogP contribution is -2.36. The van der Waals surface area contributed by atoms with Crippen LogP contribution in [0.15, 0.2) is 29.2 Å². The second-order valence-electron chi connectivity index (χ2n) is 4.63. The van der Waals surface area contributed by atoms with Crippen molar-refractivity contribution >= 4 is 15.9 Å². The van der Waals surface area contributed by atoms with Crippen molar-refractivity contribution in [1.29, 1.82) is 0 Å². The zero-order valence-corrected chi connectivity index (χ0v) is 13.5. The van der Waals surface area contributed by atoms with E-state index in [-0.39, 0.29) is 23.4 Å². The first-order valence-corrected chi connectivity index (χ1v) is 8.48. The highest BCUT2D eigenvalue weighted by Gasteiger charge is 2.15. The van der Waals surface area contributed by atoms with Gasteiger partial charge in [-0.1, -0.05) is 19.1 Å². The molecule has 1 rings (SSSR count). The minimum atomic E-state index is -3.66. The summed E-state index contributed by atoms with van der Waals surface area (Å²) in [4.78, 5) is 11.4. The molecule has 6 nitrogen and oxygen atoms in total. The van der Waals surface area contributed by atoms with Crippen LogP contribution < -0.4 is 15.4 Å². The first-order valence-electron chi connectivity index (χ1n) is 7.00. The van der Waals surface area contributed by atoms with Crippen molar-refractivity contribution in [2.75, 3.05) is 19.6 Å². The van der Waals surface area contributed by atoms with Crippen LogP contribution in [0.1, 0.15) is 32.4 Å². The third-order valence-electron chi connectivity index (χ3n) is 3.00. The van der Waals surface area contributed by atoms with Gasteiger partial charge in [-0.2, -0.15) is 0 Å². The molecule has 1 unspecified atom stereocenters. The Morgan fingerprint density at radius 2 is 1.76 bits per heavy atom. The number of benzene rings is 1. The summed E-state index contributed by atoms with van der Waals surface area (Å²) in [6.45, 7) is 6.86. The number of amides is 1. The van der Waals surface area contributed by atoms with Crippen LogP contribution in [0.2, 0.25) is 0 Å². The zero-order chi connectivity index (χ0) is 15.9. The number of likely N-dealkylation sites (N-methyl/N-ethyl adjacent to an activating group) is 1. The molecule has 0 aromatic heterocycles. The highest BCUT2D eigenvalue weighted by atomic mass is 32.2. The van der Waals surface area contributed by atoms with Crippen LogP contribution in [-0.4, -0.2) is 34.0 Å². The van der Waals surface area contributed by atoms with Crippen molar-refractivity contribution in [2.45, 2.75) is 31.7 Å². The third kappa shape index (κ3) is 5.45. The molecule has 118 valence electrons. The molecule has 0 saturated heterocycles. The molecule has 0 aliphatic rings. The quantitative estimate of drug-likeness (QED) is 0.661. The SMILES string of the molecule is CCNC(=O)CNS(=O)(=O)c1ccc(C(C)NCC)cc1. The van der Waals surface area contributed by atoms with Gasteiger partial charge in [0, 0.05) is 12.6 Å². The third-order valence-corrected chi connectivity index (χ3v) is 4.41. The summed E-state index contributed by atoms with van der Waals surface area (Å²) < 4.78 is 26.4. The maximum atomic E-state index is 12.0. The fourth-order valence-electron chi connectivity index (χ4n) is 1.86. The second-order valence-corrected chi connectivity index (χ2v) is 6.39. The van der Waals surface area contributed by atoms with E-state index in [4.69, 9.17) is 0 Å². The number of rotatable bonds is 8. The van der Waals surface area contributed by atoms with Gasteiger partial charge in [-0.25, -0.2) is 13.1 Å². The first-order chi connectivity index (χ1) is 9.90. The Morgan fingerprint density at radius 1 is 1.14 bits per heavy atom. The van der Waals surface area contributed by atoms with Crippen molar-refractivity contribution in [2.24, 2.45) is 0 Å². The number of sulfonamides is 1. The molecule has 21 heavy (non-hydrogen) atoms. The van der Waals surface area contributed by atoms with E-state index in [1.54, 1.807) is 31.2 Å². The molecule has 0 aliphatic carbocycles. The molecule has 0 bridgehead atoms.